The van der Waals surface area contributed by atoms with Crippen LogP contribution in [-0.4, -0.2) is 35.8 Å². The van der Waals surface area contributed by atoms with Crippen LogP contribution >= 0.6 is 11.8 Å². The molecule has 8 heteroatoms. The molecule has 0 aromatic heterocycles. The molecule has 6 nitrogen and oxygen atoms in total. The molecule has 1 aromatic rings. The monoisotopic (exact) mass is 353 g/mol. The first-order valence-electron chi connectivity index (χ1n) is 7.09. The number of carboxylic acid groups (broad SMARTS) is 1. The minimum Gasteiger partial charge on any atom is -0.548 e. The standard InChI is InChI=1S/C16H19FN2O4S/c1-10(20)18-14(9-11-3-5-12(17)6-4-11)15(21)19-13(16(22)23)7-8-24-2/h3-6,9,13H,7-8H2,1-2H3,(H,18,20)(H,19,21)(H,22,23)/p-1/b14-9-/t13-/m1/s1. The van der Waals surface area contributed by atoms with Gasteiger partial charge in [0.1, 0.15) is 11.5 Å². The third kappa shape index (κ3) is 6.82. The lowest BCUT2D eigenvalue weighted by Crippen LogP contribution is -2.49. The number of thioether (sulfide) groups is 1. The van der Waals surface area contributed by atoms with Crippen LogP contribution in [0.25, 0.3) is 6.08 Å². The van der Waals surface area contributed by atoms with E-state index in [-0.39, 0.29) is 12.1 Å². The fourth-order valence-corrected chi connectivity index (χ4v) is 2.27. The van der Waals surface area contributed by atoms with Crippen LogP contribution in [0.1, 0.15) is 18.9 Å². The Bertz CT molecular complexity index is 631. The van der Waals surface area contributed by atoms with E-state index in [2.05, 4.69) is 10.6 Å². The molecule has 0 spiro atoms. The molecule has 0 aliphatic carbocycles. The Kier molecular flexibility index (Phi) is 7.97. The molecule has 0 heterocycles. The molecule has 0 aliphatic heterocycles. The van der Waals surface area contributed by atoms with Crippen molar-refractivity contribution in [2.45, 2.75) is 19.4 Å². The number of aliphatic carboxylic acids is 1. The molecule has 0 aliphatic rings. The third-order valence-electron chi connectivity index (χ3n) is 2.94. The Hall–Kier alpha value is -2.35. The van der Waals surface area contributed by atoms with Gasteiger partial charge in [-0.2, -0.15) is 11.8 Å². The molecule has 1 rings (SSSR count). The number of carbonyl (C=O) groups excluding carboxylic acids is 3. The summed E-state index contributed by atoms with van der Waals surface area (Å²) in [5, 5.41) is 15.8. The maximum absolute atomic E-state index is 12.9. The predicted molar refractivity (Wildman–Crippen MR) is 88.1 cm³/mol. The highest BCUT2D eigenvalue weighted by atomic mass is 32.2. The smallest absolute Gasteiger partial charge is 0.268 e. The molecular formula is C16H18FN2O4S-. The minimum absolute atomic E-state index is 0.135. The molecule has 0 unspecified atom stereocenters. The van der Waals surface area contributed by atoms with Gasteiger partial charge in [-0.15, -0.1) is 0 Å². The average molecular weight is 353 g/mol. The fraction of sp³-hybridized carbons (Fsp3) is 0.312. The summed E-state index contributed by atoms with van der Waals surface area (Å²) < 4.78 is 12.9. The molecular weight excluding hydrogens is 335 g/mol. The van der Waals surface area contributed by atoms with Gasteiger partial charge in [0.2, 0.25) is 5.91 Å². The number of benzene rings is 1. The van der Waals surface area contributed by atoms with E-state index in [1.165, 1.54) is 49.0 Å². The minimum atomic E-state index is -1.40. The third-order valence-corrected chi connectivity index (χ3v) is 3.58. The van der Waals surface area contributed by atoms with Gasteiger partial charge in [0, 0.05) is 6.92 Å². The lowest BCUT2D eigenvalue weighted by atomic mass is 10.1. The molecule has 2 amide bonds. The van der Waals surface area contributed by atoms with E-state index in [1.807, 2.05) is 6.26 Å². The topological polar surface area (TPSA) is 98.3 Å². The zero-order valence-corrected chi connectivity index (χ0v) is 14.1. The normalized spacial score (nSPS) is 12.4. The molecule has 130 valence electrons. The van der Waals surface area contributed by atoms with Gasteiger partial charge in [0.25, 0.3) is 5.91 Å². The van der Waals surface area contributed by atoms with Crippen LogP contribution in [0.15, 0.2) is 30.0 Å². The SMILES string of the molecule is CSCC[C@@H](NC(=O)/C(=C/c1ccc(F)cc1)NC(C)=O)C(=O)[O-]. The average Bonchev–Trinajstić information content (AvgIpc) is 2.52. The zero-order valence-electron chi connectivity index (χ0n) is 13.3. The van der Waals surface area contributed by atoms with Crippen LogP contribution in [0.4, 0.5) is 4.39 Å². The zero-order chi connectivity index (χ0) is 18.1. The highest BCUT2D eigenvalue weighted by Crippen LogP contribution is 2.08. The fourth-order valence-electron chi connectivity index (χ4n) is 1.79. The summed E-state index contributed by atoms with van der Waals surface area (Å²) in [6.07, 6.45) is 3.33. The highest BCUT2D eigenvalue weighted by molar-refractivity contribution is 7.98. The van der Waals surface area contributed by atoms with Crippen LogP contribution in [0.3, 0.4) is 0 Å². The molecule has 0 bridgehead atoms. The van der Waals surface area contributed by atoms with Crippen molar-refractivity contribution in [1.29, 1.82) is 0 Å². The second-order valence-corrected chi connectivity index (χ2v) is 5.90. The van der Waals surface area contributed by atoms with Crippen molar-refractivity contribution in [3.05, 3.63) is 41.3 Å². The lowest BCUT2D eigenvalue weighted by Gasteiger charge is -2.20. The summed E-state index contributed by atoms with van der Waals surface area (Å²) in [5.41, 5.74) is 0.342. The van der Waals surface area contributed by atoms with E-state index in [9.17, 15) is 23.9 Å². The van der Waals surface area contributed by atoms with Gasteiger partial charge in [0.05, 0.1) is 12.0 Å². The summed E-state index contributed by atoms with van der Waals surface area (Å²) in [6, 6.07) is 4.09. The quantitative estimate of drug-likeness (QED) is 0.655. The first-order valence-corrected chi connectivity index (χ1v) is 8.48. The van der Waals surface area contributed by atoms with Crippen LogP contribution in [0.2, 0.25) is 0 Å². The Balaban J connectivity index is 2.97. The summed E-state index contributed by atoms with van der Waals surface area (Å²) in [6.45, 7) is 1.22. The van der Waals surface area contributed by atoms with Crippen LogP contribution in [0.5, 0.6) is 0 Å². The molecule has 0 saturated carbocycles. The lowest BCUT2D eigenvalue weighted by molar-refractivity contribution is -0.308. The van der Waals surface area contributed by atoms with Crippen LogP contribution < -0.4 is 15.7 Å². The number of carboxylic acids is 1. The van der Waals surface area contributed by atoms with E-state index >= 15 is 0 Å². The molecule has 0 saturated heterocycles. The van der Waals surface area contributed by atoms with Crippen molar-refractivity contribution in [3.63, 3.8) is 0 Å². The van der Waals surface area contributed by atoms with Crippen LogP contribution in [0, 0.1) is 5.82 Å². The van der Waals surface area contributed by atoms with E-state index in [1.54, 1.807) is 0 Å². The summed E-state index contributed by atoms with van der Waals surface area (Å²) in [4.78, 5) is 34.6. The second kappa shape index (κ2) is 9.71. The number of halogens is 1. The van der Waals surface area contributed by atoms with Gasteiger partial charge in [-0.1, -0.05) is 12.1 Å². The summed E-state index contributed by atoms with van der Waals surface area (Å²) in [7, 11) is 0. The summed E-state index contributed by atoms with van der Waals surface area (Å²) >= 11 is 1.44. The first kappa shape index (κ1) is 19.7. The van der Waals surface area contributed by atoms with Crippen molar-refractivity contribution in [3.8, 4) is 0 Å². The van der Waals surface area contributed by atoms with Crippen molar-refractivity contribution in [2.75, 3.05) is 12.0 Å². The van der Waals surface area contributed by atoms with E-state index in [4.69, 9.17) is 0 Å². The van der Waals surface area contributed by atoms with Crippen LogP contribution in [-0.2, 0) is 14.4 Å². The Morgan fingerprint density at radius 2 is 1.92 bits per heavy atom. The van der Waals surface area contributed by atoms with Gasteiger partial charge >= 0.3 is 0 Å². The maximum atomic E-state index is 12.9. The second-order valence-electron chi connectivity index (χ2n) is 4.92. The van der Waals surface area contributed by atoms with Gasteiger partial charge in [-0.25, -0.2) is 4.39 Å². The maximum Gasteiger partial charge on any atom is 0.268 e. The van der Waals surface area contributed by atoms with Crippen molar-refractivity contribution < 1.29 is 23.9 Å². The van der Waals surface area contributed by atoms with Crippen molar-refractivity contribution >= 4 is 35.6 Å². The highest BCUT2D eigenvalue weighted by Gasteiger charge is 2.17. The van der Waals surface area contributed by atoms with Gasteiger partial charge in [0.15, 0.2) is 0 Å². The predicted octanol–water partition coefficient (Wildman–Crippen LogP) is 0.290. The molecule has 0 fully saturated rings. The van der Waals surface area contributed by atoms with Gasteiger partial charge in [-0.3, -0.25) is 9.59 Å². The molecule has 1 aromatic carbocycles. The largest absolute Gasteiger partial charge is 0.548 e. The number of amides is 2. The van der Waals surface area contributed by atoms with Gasteiger partial charge < -0.3 is 20.5 Å². The number of carbonyl (C=O) groups is 3. The number of rotatable bonds is 8. The number of hydrogen-bond acceptors (Lipinski definition) is 5. The summed E-state index contributed by atoms with van der Waals surface area (Å²) in [5.74, 6) is -2.57. The Morgan fingerprint density at radius 1 is 1.29 bits per heavy atom. The van der Waals surface area contributed by atoms with E-state index in [0.29, 0.717) is 11.3 Å². The molecule has 2 N–H and O–H groups in total. The Labute approximate surface area is 143 Å². The van der Waals surface area contributed by atoms with Crippen molar-refractivity contribution in [2.24, 2.45) is 0 Å². The molecule has 24 heavy (non-hydrogen) atoms. The van der Waals surface area contributed by atoms with Gasteiger partial charge in [-0.05, 0) is 42.2 Å². The van der Waals surface area contributed by atoms with E-state index in [0.717, 1.165) is 0 Å². The number of nitrogens with one attached hydrogen (secondary N) is 2. The first-order chi connectivity index (χ1) is 11.3. The molecule has 0 radical (unpaired) electrons. The van der Waals surface area contributed by atoms with E-state index < -0.39 is 29.6 Å². The molecule has 1 atom stereocenters. The number of hydrogen-bond donors (Lipinski definition) is 2. The van der Waals surface area contributed by atoms with Crippen molar-refractivity contribution in [1.82, 2.24) is 10.6 Å². The Morgan fingerprint density at radius 3 is 2.42 bits per heavy atom.